The normalized spacial score (nSPS) is 16.2. The molecule has 0 saturated carbocycles. The Labute approximate surface area is 173 Å². The molecule has 1 heterocycles. The third kappa shape index (κ3) is 4.86. The molecule has 3 rings (SSSR count). The van der Waals surface area contributed by atoms with Gasteiger partial charge >= 0.3 is 0 Å². The standard InChI is InChI=1S/C19H18ClN3O5S/c1-27-18-5-4-15(29(25,26)23-14-6-7-28-11-14)9-16(18)19(24)22-13-3-2-12(10-21)17(20)8-13/h2-5,8-9,14,23H,6-7,11H2,1H3,(H,22,24). The Morgan fingerprint density at radius 3 is 2.72 bits per heavy atom. The molecule has 1 unspecified atom stereocenters. The highest BCUT2D eigenvalue weighted by Gasteiger charge is 2.25. The number of nitriles is 1. The Morgan fingerprint density at radius 1 is 1.31 bits per heavy atom. The third-order valence-corrected chi connectivity index (χ3v) is 6.16. The molecule has 2 aromatic rings. The van der Waals surface area contributed by atoms with Crippen molar-refractivity contribution in [2.24, 2.45) is 0 Å². The Bertz CT molecular complexity index is 1080. The largest absolute Gasteiger partial charge is 0.496 e. The summed E-state index contributed by atoms with van der Waals surface area (Å²) in [5.41, 5.74) is 0.673. The molecule has 29 heavy (non-hydrogen) atoms. The second kappa shape index (κ2) is 8.80. The molecule has 0 spiro atoms. The first-order chi connectivity index (χ1) is 13.8. The molecule has 152 valence electrons. The fourth-order valence-corrected chi connectivity index (χ4v) is 4.33. The number of ether oxygens (including phenoxy) is 2. The van der Waals surface area contributed by atoms with Gasteiger partial charge in [0.15, 0.2) is 0 Å². The van der Waals surface area contributed by atoms with Crippen LogP contribution in [0.15, 0.2) is 41.3 Å². The van der Waals surface area contributed by atoms with Gasteiger partial charge in [-0.15, -0.1) is 0 Å². The summed E-state index contributed by atoms with van der Waals surface area (Å²) in [6.45, 7) is 0.804. The molecule has 0 bridgehead atoms. The van der Waals surface area contributed by atoms with Gasteiger partial charge in [-0.25, -0.2) is 13.1 Å². The maximum atomic E-state index is 12.7. The summed E-state index contributed by atoms with van der Waals surface area (Å²) in [6.07, 6.45) is 0.585. The van der Waals surface area contributed by atoms with Gasteiger partial charge in [0.1, 0.15) is 11.8 Å². The first-order valence-electron chi connectivity index (χ1n) is 8.63. The van der Waals surface area contributed by atoms with Crippen LogP contribution in [0.25, 0.3) is 0 Å². The molecule has 1 saturated heterocycles. The quantitative estimate of drug-likeness (QED) is 0.719. The number of benzene rings is 2. The monoisotopic (exact) mass is 435 g/mol. The van der Waals surface area contributed by atoms with Crippen molar-refractivity contribution in [1.82, 2.24) is 4.72 Å². The number of sulfonamides is 1. The van der Waals surface area contributed by atoms with Gasteiger partial charge in [0.05, 0.1) is 34.8 Å². The van der Waals surface area contributed by atoms with E-state index in [1.807, 2.05) is 6.07 Å². The van der Waals surface area contributed by atoms with Gasteiger partial charge in [-0.2, -0.15) is 5.26 Å². The zero-order chi connectivity index (χ0) is 21.0. The Hall–Kier alpha value is -2.64. The maximum absolute atomic E-state index is 12.7. The van der Waals surface area contributed by atoms with Crippen LogP contribution in [0, 0.1) is 11.3 Å². The van der Waals surface area contributed by atoms with E-state index in [2.05, 4.69) is 10.0 Å². The topological polar surface area (TPSA) is 118 Å². The maximum Gasteiger partial charge on any atom is 0.259 e. The smallest absolute Gasteiger partial charge is 0.259 e. The predicted octanol–water partition coefficient (Wildman–Crippen LogP) is 2.54. The SMILES string of the molecule is COc1ccc(S(=O)(=O)NC2CCOC2)cc1C(=O)Nc1ccc(C#N)c(Cl)c1. The molecular formula is C19H18ClN3O5S. The van der Waals surface area contributed by atoms with Gasteiger partial charge in [0.25, 0.3) is 5.91 Å². The van der Waals surface area contributed by atoms with E-state index in [1.54, 1.807) is 0 Å². The first kappa shape index (κ1) is 21.1. The number of carbonyl (C=O) groups excluding carboxylic acids is 1. The zero-order valence-corrected chi connectivity index (χ0v) is 17.0. The Balaban J connectivity index is 1.87. The van der Waals surface area contributed by atoms with Crippen LogP contribution < -0.4 is 14.8 Å². The Kier molecular flexibility index (Phi) is 6.39. The minimum absolute atomic E-state index is 0.0403. The number of anilines is 1. The number of rotatable bonds is 6. The van der Waals surface area contributed by atoms with E-state index in [1.165, 1.54) is 43.5 Å². The van der Waals surface area contributed by atoms with E-state index in [9.17, 15) is 13.2 Å². The molecule has 1 atom stereocenters. The highest BCUT2D eigenvalue weighted by Crippen LogP contribution is 2.26. The second-order valence-corrected chi connectivity index (χ2v) is 8.43. The van der Waals surface area contributed by atoms with Crippen LogP contribution in [0.5, 0.6) is 5.75 Å². The Morgan fingerprint density at radius 2 is 2.10 bits per heavy atom. The van der Waals surface area contributed by atoms with Crippen LogP contribution >= 0.6 is 11.6 Å². The molecule has 1 aliphatic rings. The van der Waals surface area contributed by atoms with Crippen molar-refractivity contribution < 1.29 is 22.7 Å². The molecule has 10 heteroatoms. The first-order valence-corrected chi connectivity index (χ1v) is 10.5. The molecule has 2 aromatic carbocycles. The highest BCUT2D eigenvalue weighted by molar-refractivity contribution is 7.89. The third-order valence-electron chi connectivity index (χ3n) is 4.32. The number of amides is 1. The highest BCUT2D eigenvalue weighted by atomic mass is 35.5. The number of methoxy groups -OCH3 is 1. The molecule has 1 amide bonds. The average molecular weight is 436 g/mol. The number of nitrogens with one attached hydrogen (secondary N) is 2. The number of hydrogen-bond acceptors (Lipinski definition) is 6. The van der Waals surface area contributed by atoms with Gasteiger partial charge in [0.2, 0.25) is 10.0 Å². The zero-order valence-electron chi connectivity index (χ0n) is 15.4. The van der Waals surface area contributed by atoms with Crippen LogP contribution in [-0.2, 0) is 14.8 Å². The molecule has 2 N–H and O–H groups in total. The second-order valence-electron chi connectivity index (χ2n) is 6.30. The van der Waals surface area contributed by atoms with Gasteiger partial charge in [-0.05, 0) is 42.8 Å². The van der Waals surface area contributed by atoms with Crippen LogP contribution in [0.1, 0.15) is 22.3 Å². The summed E-state index contributed by atoms with van der Waals surface area (Å²) < 4.78 is 38.3. The van der Waals surface area contributed by atoms with Gasteiger partial charge in [-0.1, -0.05) is 11.6 Å². The van der Waals surface area contributed by atoms with Crippen molar-refractivity contribution in [1.29, 1.82) is 5.26 Å². The lowest BCUT2D eigenvalue weighted by Crippen LogP contribution is -2.35. The van der Waals surface area contributed by atoms with Crippen LogP contribution in [0.3, 0.4) is 0 Å². The number of halogens is 1. The fourth-order valence-electron chi connectivity index (χ4n) is 2.83. The van der Waals surface area contributed by atoms with Gasteiger partial charge < -0.3 is 14.8 Å². The lowest BCUT2D eigenvalue weighted by atomic mass is 10.1. The lowest BCUT2D eigenvalue weighted by Gasteiger charge is -2.14. The number of hydrogen-bond donors (Lipinski definition) is 2. The summed E-state index contributed by atoms with van der Waals surface area (Å²) in [5.74, 6) is -0.366. The minimum atomic E-state index is -3.84. The predicted molar refractivity (Wildman–Crippen MR) is 107 cm³/mol. The lowest BCUT2D eigenvalue weighted by molar-refractivity contribution is 0.102. The van der Waals surface area contributed by atoms with E-state index >= 15 is 0 Å². The van der Waals surface area contributed by atoms with Crippen LogP contribution in [0.4, 0.5) is 5.69 Å². The van der Waals surface area contributed by atoms with Crippen molar-refractivity contribution in [3.8, 4) is 11.8 Å². The summed E-state index contributed by atoms with van der Waals surface area (Å²) in [6, 6.07) is 10.1. The van der Waals surface area contributed by atoms with Gasteiger partial charge in [-0.3, -0.25) is 4.79 Å². The fraction of sp³-hybridized carbons (Fsp3) is 0.263. The van der Waals surface area contributed by atoms with Crippen molar-refractivity contribution in [3.05, 3.63) is 52.5 Å². The molecule has 1 fully saturated rings. The van der Waals surface area contributed by atoms with Crippen molar-refractivity contribution in [3.63, 3.8) is 0 Å². The molecule has 1 aliphatic heterocycles. The van der Waals surface area contributed by atoms with Crippen LogP contribution in [0.2, 0.25) is 5.02 Å². The number of carbonyl (C=O) groups is 1. The molecule has 8 nitrogen and oxygen atoms in total. The van der Waals surface area contributed by atoms with Crippen LogP contribution in [-0.4, -0.2) is 40.7 Å². The summed E-state index contributed by atoms with van der Waals surface area (Å²) in [4.78, 5) is 12.7. The summed E-state index contributed by atoms with van der Waals surface area (Å²) in [5, 5.41) is 11.8. The molecular weight excluding hydrogens is 418 g/mol. The van der Waals surface area contributed by atoms with E-state index in [4.69, 9.17) is 26.3 Å². The van der Waals surface area contributed by atoms with Crippen molar-refractivity contribution in [2.75, 3.05) is 25.6 Å². The molecule has 0 radical (unpaired) electrons. The number of nitrogens with zero attached hydrogens (tertiary/aromatic N) is 1. The van der Waals surface area contributed by atoms with E-state index in [-0.39, 0.29) is 32.8 Å². The molecule has 0 aliphatic carbocycles. The van der Waals surface area contributed by atoms with Crippen molar-refractivity contribution >= 4 is 33.2 Å². The molecule has 0 aromatic heterocycles. The summed E-state index contributed by atoms with van der Waals surface area (Å²) >= 11 is 5.99. The summed E-state index contributed by atoms with van der Waals surface area (Å²) in [7, 11) is -2.45. The van der Waals surface area contributed by atoms with Crippen molar-refractivity contribution in [2.45, 2.75) is 17.4 Å². The minimum Gasteiger partial charge on any atom is -0.496 e. The average Bonchev–Trinajstić information content (AvgIpc) is 3.19. The van der Waals surface area contributed by atoms with E-state index < -0.39 is 15.9 Å². The van der Waals surface area contributed by atoms with E-state index in [0.29, 0.717) is 25.3 Å². The van der Waals surface area contributed by atoms with Gasteiger partial charge in [0, 0.05) is 18.3 Å². The van der Waals surface area contributed by atoms with E-state index in [0.717, 1.165) is 0 Å².